The Balaban J connectivity index is 1.41. The number of H-pyrrole nitrogens is 1. The third kappa shape index (κ3) is 3.74. The first kappa shape index (κ1) is 18.2. The Kier molecular flexibility index (Phi) is 4.35. The fourth-order valence-electron chi connectivity index (χ4n) is 3.60. The molecule has 1 aromatic heterocycles. The van der Waals surface area contributed by atoms with E-state index in [4.69, 9.17) is 0 Å². The summed E-state index contributed by atoms with van der Waals surface area (Å²) in [5.74, 6) is 0.0164. The lowest BCUT2D eigenvalue weighted by Crippen LogP contribution is -2.31. The number of rotatable bonds is 7. The van der Waals surface area contributed by atoms with Crippen molar-refractivity contribution in [1.82, 2.24) is 10.3 Å². The van der Waals surface area contributed by atoms with Gasteiger partial charge >= 0.3 is 0 Å². The van der Waals surface area contributed by atoms with Crippen LogP contribution in [0.3, 0.4) is 0 Å². The Morgan fingerprint density at radius 3 is 2.45 bits per heavy atom. The molecule has 5 rings (SSSR count). The van der Waals surface area contributed by atoms with E-state index in [0.29, 0.717) is 16.6 Å². The number of aromatic nitrogens is 1. The van der Waals surface area contributed by atoms with E-state index >= 15 is 0 Å². The Bertz CT molecular complexity index is 1160. The van der Waals surface area contributed by atoms with Crippen molar-refractivity contribution in [2.75, 3.05) is 5.32 Å². The second-order valence-electron chi connectivity index (χ2n) is 7.99. The first-order valence-corrected chi connectivity index (χ1v) is 11.5. The average Bonchev–Trinajstić information content (AvgIpc) is 3.65. The van der Waals surface area contributed by atoms with E-state index in [2.05, 4.69) is 15.6 Å². The Hall–Kier alpha value is -2.80. The zero-order valence-corrected chi connectivity index (χ0v) is 16.7. The highest BCUT2D eigenvalue weighted by Gasteiger charge is 2.41. The second kappa shape index (κ2) is 6.91. The summed E-state index contributed by atoms with van der Waals surface area (Å²) in [6, 6.07) is 16.4. The second-order valence-corrected chi connectivity index (χ2v) is 10.1. The van der Waals surface area contributed by atoms with Crippen molar-refractivity contribution in [2.24, 2.45) is 5.92 Å². The topological polar surface area (TPSA) is 91.1 Å². The van der Waals surface area contributed by atoms with Crippen LogP contribution in [0.2, 0.25) is 0 Å². The average molecular weight is 410 g/mol. The highest BCUT2D eigenvalue weighted by molar-refractivity contribution is 7.92. The summed E-state index contributed by atoms with van der Waals surface area (Å²) >= 11 is 0. The fourth-order valence-corrected chi connectivity index (χ4v) is 5.50. The molecule has 3 aromatic rings. The van der Waals surface area contributed by atoms with E-state index in [-0.39, 0.29) is 11.8 Å². The number of aromatic amines is 1. The van der Waals surface area contributed by atoms with Crippen LogP contribution in [0.5, 0.6) is 0 Å². The Labute approximate surface area is 169 Å². The van der Waals surface area contributed by atoms with Crippen LogP contribution in [0.1, 0.15) is 36.2 Å². The molecular weight excluding hydrogens is 386 g/mol. The number of carbonyl (C=O) groups is 1. The lowest BCUT2D eigenvalue weighted by Gasteiger charge is -2.20. The van der Waals surface area contributed by atoms with Gasteiger partial charge in [0, 0.05) is 22.6 Å². The normalized spacial score (nSPS) is 17.8. The van der Waals surface area contributed by atoms with Crippen molar-refractivity contribution < 1.29 is 13.2 Å². The minimum atomic E-state index is -3.49. The molecule has 1 heterocycles. The van der Waals surface area contributed by atoms with Gasteiger partial charge in [-0.1, -0.05) is 18.2 Å². The van der Waals surface area contributed by atoms with Gasteiger partial charge in [0.15, 0.2) is 9.84 Å². The van der Waals surface area contributed by atoms with Crippen molar-refractivity contribution in [3.8, 4) is 0 Å². The summed E-state index contributed by atoms with van der Waals surface area (Å²) in [6.07, 6.45) is 3.89. The third-order valence-electron chi connectivity index (χ3n) is 5.54. The molecule has 0 aliphatic heterocycles. The molecule has 1 atom stereocenters. The third-order valence-corrected chi connectivity index (χ3v) is 7.64. The number of benzene rings is 2. The number of fused-ring (bicyclic) bond motifs is 1. The Morgan fingerprint density at radius 1 is 1.00 bits per heavy atom. The Morgan fingerprint density at radius 2 is 1.76 bits per heavy atom. The number of hydrogen-bond donors (Lipinski definition) is 3. The molecule has 2 saturated carbocycles. The van der Waals surface area contributed by atoms with Crippen LogP contribution in [0, 0.1) is 5.92 Å². The molecule has 2 fully saturated rings. The van der Waals surface area contributed by atoms with Gasteiger partial charge in [0.05, 0.1) is 4.90 Å². The van der Waals surface area contributed by atoms with E-state index in [1.54, 1.807) is 24.3 Å². The van der Waals surface area contributed by atoms with E-state index < -0.39 is 15.2 Å². The molecule has 1 unspecified atom stereocenters. The van der Waals surface area contributed by atoms with E-state index in [1.807, 2.05) is 30.3 Å². The maximum atomic E-state index is 13.2. The van der Waals surface area contributed by atoms with Crippen molar-refractivity contribution in [1.29, 1.82) is 0 Å². The number of sulfone groups is 1. The summed E-state index contributed by atoms with van der Waals surface area (Å²) in [7, 11) is -3.49. The number of hydrogen-bond acceptors (Lipinski definition) is 4. The predicted molar refractivity (Wildman–Crippen MR) is 113 cm³/mol. The van der Waals surface area contributed by atoms with Gasteiger partial charge in [0.25, 0.3) is 5.91 Å². The fraction of sp³-hybridized carbons (Fsp3) is 0.318. The lowest BCUT2D eigenvalue weighted by atomic mass is 10.2. The minimum Gasteiger partial charge on any atom is -0.369 e. The molecule has 0 saturated heterocycles. The first-order chi connectivity index (χ1) is 14.0. The van der Waals surface area contributed by atoms with Crippen molar-refractivity contribution in [3.05, 3.63) is 60.3 Å². The monoisotopic (exact) mass is 409 g/mol. The van der Waals surface area contributed by atoms with E-state index in [1.165, 1.54) is 0 Å². The molecule has 0 spiro atoms. The molecule has 3 N–H and O–H groups in total. The summed E-state index contributed by atoms with van der Waals surface area (Å²) in [5, 5.41) is 6.45. The first-order valence-electron chi connectivity index (χ1n) is 10.00. The van der Waals surface area contributed by atoms with Crippen molar-refractivity contribution >= 4 is 32.3 Å². The van der Waals surface area contributed by atoms with Gasteiger partial charge in [0.2, 0.25) is 0 Å². The standard InChI is InChI=1S/C22H23N3O3S/c26-21(23-16-8-9-16)20-13-15-12-17(10-11-19(15)25-20)24-22(14-6-7-14)29(27,28)18-4-2-1-3-5-18/h1-5,10-14,16,22,24-25H,6-9H2,(H,23,26). The zero-order chi connectivity index (χ0) is 20.0. The number of nitrogens with one attached hydrogen (secondary N) is 3. The highest BCUT2D eigenvalue weighted by Crippen LogP contribution is 2.39. The highest BCUT2D eigenvalue weighted by atomic mass is 32.2. The lowest BCUT2D eigenvalue weighted by molar-refractivity contribution is 0.0947. The summed E-state index contributed by atoms with van der Waals surface area (Å²) in [6.45, 7) is 0. The van der Waals surface area contributed by atoms with Crippen LogP contribution in [0.4, 0.5) is 5.69 Å². The number of amides is 1. The van der Waals surface area contributed by atoms with E-state index in [0.717, 1.165) is 42.3 Å². The van der Waals surface area contributed by atoms with Gasteiger partial charge in [-0.3, -0.25) is 4.79 Å². The molecule has 7 heteroatoms. The van der Waals surface area contributed by atoms with Crippen LogP contribution in [-0.2, 0) is 9.84 Å². The predicted octanol–water partition coefficient (Wildman–Crippen LogP) is 3.68. The molecule has 2 aromatic carbocycles. The SMILES string of the molecule is O=C(NC1CC1)c1cc2cc(NC(C3CC3)S(=O)(=O)c3ccccc3)ccc2[nH]1. The molecule has 29 heavy (non-hydrogen) atoms. The molecule has 1 amide bonds. The summed E-state index contributed by atoms with van der Waals surface area (Å²) in [4.78, 5) is 15.8. The molecule has 0 radical (unpaired) electrons. The molecule has 150 valence electrons. The smallest absolute Gasteiger partial charge is 0.267 e. The summed E-state index contributed by atoms with van der Waals surface area (Å²) in [5.41, 5.74) is 2.12. The molecule has 0 bridgehead atoms. The van der Waals surface area contributed by atoms with Crippen LogP contribution >= 0.6 is 0 Å². The van der Waals surface area contributed by atoms with E-state index in [9.17, 15) is 13.2 Å². The molecular formula is C22H23N3O3S. The van der Waals surface area contributed by atoms with Crippen LogP contribution in [-0.4, -0.2) is 30.7 Å². The van der Waals surface area contributed by atoms with Crippen molar-refractivity contribution in [2.45, 2.75) is 42.0 Å². The number of carbonyl (C=O) groups excluding carboxylic acids is 1. The van der Waals surface area contributed by atoms with Gasteiger partial charge in [-0.05, 0) is 68.0 Å². The van der Waals surface area contributed by atoms with Gasteiger partial charge in [-0.2, -0.15) is 0 Å². The van der Waals surface area contributed by atoms with Crippen LogP contribution in [0.15, 0.2) is 59.5 Å². The zero-order valence-electron chi connectivity index (χ0n) is 15.9. The molecule has 2 aliphatic rings. The van der Waals surface area contributed by atoms with Crippen LogP contribution in [0.25, 0.3) is 10.9 Å². The minimum absolute atomic E-state index is 0.0966. The van der Waals surface area contributed by atoms with Crippen molar-refractivity contribution in [3.63, 3.8) is 0 Å². The van der Waals surface area contributed by atoms with Gasteiger partial charge in [0.1, 0.15) is 11.1 Å². The van der Waals surface area contributed by atoms with Gasteiger partial charge < -0.3 is 15.6 Å². The maximum absolute atomic E-state index is 13.2. The maximum Gasteiger partial charge on any atom is 0.267 e. The van der Waals surface area contributed by atoms with Crippen LogP contribution < -0.4 is 10.6 Å². The summed E-state index contributed by atoms with van der Waals surface area (Å²) < 4.78 is 26.3. The number of anilines is 1. The van der Waals surface area contributed by atoms with Gasteiger partial charge in [-0.15, -0.1) is 0 Å². The van der Waals surface area contributed by atoms with Gasteiger partial charge in [-0.25, -0.2) is 8.42 Å². The molecule has 6 nitrogen and oxygen atoms in total. The quantitative estimate of drug-likeness (QED) is 0.555. The molecule has 2 aliphatic carbocycles. The largest absolute Gasteiger partial charge is 0.369 e.